The van der Waals surface area contributed by atoms with Crippen LogP contribution in [0.25, 0.3) is 10.9 Å². The third kappa shape index (κ3) is 11.2. The van der Waals surface area contributed by atoms with Gasteiger partial charge in [-0.05, 0) is 50.2 Å². The van der Waals surface area contributed by atoms with E-state index in [0.717, 1.165) is 24.8 Å². The predicted molar refractivity (Wildman–Crippen MR) is 134 cm³/mol. The number of carbonyl (C=O) groups is 1. The van der Waals surface area contributed by atoms with Crippen molar-refractivity contribution in [3.05, 3.63) is 48.2 Å². The highest BCUT2D eigenvalue weighted by Crippen LogP contribution is 2.17. The lowest BCUT2D eigenvalue weighted by Gasteiger charge is -2.05. The highest BCUT2D eigenvalue weighted by molar-refractivity contribution is 5.83. The first-order valence-electron chi connectivity index (χ1n) is 12.8. The molecule has 1 aromatic heterocycles. The average Bonchev–Trinajstić information content (AvgIpc) is 3.19. The van der Waals surface area contributed by atoms with Crippen LogP contribution < -0.4 is 5.32 Å². The Hall–Kier alpha value is -2.03. The normalized spacial score (nSPS) is 11.5. The number of hydrogen-bond acceptors (Lipinski definition) is 1. The molecule has 1 heterocycles. The van der Waals surface area contributed by atoms with Crippen LogP contribution in [-0.2, 0) is 11.2 Å². The quantitative estimate of drug-likeness (QED) is 0.186. The summed E-state index contributed by atoms with van der Waals surface area (Å²) in [6.45, 7) is 2.99. The van der Waals surface area contributed by atoms with Crippen molar-refractivity contribution in [1.82, 2.24) is 10.3 Å². The third-order valence-corrected chi connectivity index (χ3v) is 6.06. The lowest BCUT2D eigenvalue weighted by atomic mass is 10.1. The molecule has 0 spiro atoms. The number of nitrogens with one attached hydrogen (secondary N) is 2. The lowest BCUT2D eigenvalue weighted by molar-refractivity contribution is -0.121. The van der Waals surface area contributed by atoms with Crippen LogP contribution in [0.1, 0.15) is 102 Å². The fourth-order valence-electron chi connectivity index (χ4n) is 4.12. The summed E-state index contributed by atoms with van der Waals surface area (Å²) in [4.78, 5) is 15.3. The molecule has 172 valence electrons. The maximum atomic E-state index is 12.0. The summed E-state index contributed by atoms with van der Waals surface area (Å²) < 4.78 is 0. The Morgan fingerprint density at radius 3 is 2.26 bits per heavy atom. The van der Waals surface area contributed by atoms with Crippen LogP contribution in [-0.4, -0.2) is 17.4 Å². The number of hydrogen-bond donors (Lipinski definition) is 2. The molecule has 1 amide bonds. The first-order chi connectivity index (χ1) is 15.3. The van der Waals surface area contributed by atoms with Crippen LogP contribution in [0.2, 0.25) is 0 Å². The summed E-state index contributed by atoms with van der Waals surface area (Å²) in [5.41, 5.74) is 2.44. The molecule has 2 N–H and O–H groups in total. The third-order valence-electron chi connectivity index (χ3n) is 6.06. The van der Waals surface area contributed by atoms with E-state index in [1.807, 2.05) is 6.07 Å². The zero-order chi connectivity index (χ0) is 22.0. The highest BCUT2D eigenvalue weighted by atomic mass is 16.1. The first kappa shape index (κ1) is 25.2. The number of amides is 1. The van der Waals surface area contributed by atoms with Gasteiger partial charge in [0.1, 0.15) is 0 Å². The van der Waals surface area contributed by atoms with Crippen molar-refractivity contribution in [3.63, 3.8) is 0 Å². The van der Waals surface area contributed by atoms with E-state index in [-0.39, 0.29) is 5.91 Å². The fraction of sp³-hybridized carbons (Fsp3) is 0.607. The minimum atomic E-state index is 0.192. The van der Waals surface area contributed by atoms with E-state index in [0.29, 0.717) is 13.0 Å². The van der Waals surface area contributed by atoms with Gasteiger partial charge in [0.15, 0.2) is 0 Å². The van der Waals surface area contributed by atoms with Gasteiger partial charge in [-0.2, -0.15) is 0 Å². The van der Waals surface area contributed by atoms with Gasteiger partial charge in [0, 0.05) is 30.1 Å². The average molecular weight is 425 g/mol. The van der Waals surface area contributed by atoms with Gasteiger partial charge < -0.3 is 10.3 Å². The lowest BCUT2D eigenvalue weighted by Crippen LogP contribution is -2.25. The molecule has 3 nitrogen and oxygen atoms in total. The number of fused-ring (bicyclic) bond motifs is 1. The van der Waals surface area contributed by atoms with Crippen LogP contribution in [0.15, 0.2) is 42.6 Å². The van der Waals surface area contributed by atoms with Crippen molar-refractivity contribution in [3.8, 4) is 0 Å². The number of carbonyl (C=O) groups excluding carboxylic acids is 1. The van der Waals surface area contributed by atoms with Crippen molar-refractivity contribution in [2.75, 3.05) is 6.54 Å². The molecule has 0 aliphatic heterocycles. The molecule has 3 heteroatoms. The van der Waals surface area contributed by atoms with E-state index in [2.05, 4.69) is 53.8 Å². The van der Waals surface area contributed by atoms with Gasteiger partial charge >= 0.3 is 0 Å². The molecule has 2 rings (SSSR count). The van der Waals surface area contributed by atoms with E-state index in [9.17, 15) is 4.79 Å². The van der Waals surface area contributed by atoms with E-state index in [1.54, 1.807) is 0 Å². The van der Waals surface area contributed by atoms with Crippen molar-refractivity contribution in [1.29, 1.82) is 0 Å². The number of aromatic amines is 1. The summed E-state index contributed by atoms with van der Waals surface area (Å²) >= 11 is 0. The number of unbranched alkanes of at least 4 members (excludes halogenated alkanes) is 11. The first-order valence-corrected chi connectivity index (χ1v) is 12.8. The maximum Gasteiger partial charge on any atom is 0.220 e. The van der Waals surface area contributed by atoms with Crippen LogP contribution in [0.5, 0.6) is 0 Å². The van der Waals surface area contributed by atoms with Gasteiger partial charge in [0.25, 0.3) is 0 Å². The van der Waals surface area contributed by atoms with Crippen LogP contribution >= 0.6 is 0 Å². The van der Waals surface area contributed by atoms with Gasteiger partial charge in [-0.3, -0.25) is 4.79 Å². The van der Waals surface area contributed by atoms with E-state index >= 15 is 0 Å². The van der Waals surface area contributed by atoms with Gasteiger partial charge in [0.05, 0.1) is 0 Å². The van der Waals surface area contributed by atoms with Gasteiger partial charge in [-0.25, -0.2) is 0 Å². The van der Waals surface area contributed by atoms with Gasteiger partial charge in [-0.15, -0.1) is 0 Å². The summed E-state index contributed by atoms with van der Waals surface area (Å²) in [5, 5.41) is 4.33. The molecule has 0 saturated carbocycles. The number of aromatic nitrogens is 1. The fourth-order valence-corrected chi connectivity index (χ4v) is 4.12. The molecule has 0 aliphatic rings. The molecule has 31 heavy (non-hydrogen) atoms. The van der Waals surface area contributed by atoms with Crippen molar-refractivity contribution in [2.24, 2.45) is 0 Å². The number of allylic oxidation sites excluding steroid dienone is 2. The summed E-state index contributed by atoms with van der Waals surface area (Å²) in [6.07, 6.45) is 25.1. The van der Waals surface area contributed by atoms with Crippen molar-refractivity contribution in [2.45, 2.75) is 103 Å². The highest BCUT2D eigenvalue weighted by Gasteiger charge is 2.04. The number of benzene rings is 1. The Morgan fingerprint density at radius 1 is 0.871 bits per heavy atom. The predicted octanol–water partition coefficient (Wildman–Crippen LogP) is 7.86. The zero-order valence-corrected chi connectivity index (χ0v) is 19.8. The molecule has 0 atom stereocenters. The molecule has 2 aromatic rings. The Kier molecular flexibility index (Phi) is 13.5. The topological polar surface area (TPSA) is 44.9 Å². The SMILES string of the molecule is CCCCCCCCC=CCCCCCCCC(=O)NCCc1c[nH]c2ccccc12. The second-order valence-corrected chi connectivity index (χ2v) is 8.79. The molecular formula is C28H44N2O. The second-order valence-electron chi connectivity index (χ2n) is 8.79. The minimum Gasteiger partial charge on any atom is -0.361 e. The Balaban J connectivity index is 1.37. The standard InChI is InChI=1S/C28H44N2O/c1-2-3-4-5-6-7-8-9-10-11-12-13-14-15-16-21-28(31)29-23-22-25-24-30-27-20-18-17-19-26(25)27/h9-10,17-20,24,30H,2-8,11-16,21-23H2,1H3,(H,29,31). The molecule has 0 radical (unpaired) electrons. The minimum absolute atomic E-state index is 0.192. The summed E-state index contributed by atoms with van der Waals surface area (Å²) in [5.74, 6) is 0.192. The molecule has 0 fully saturated rings. The number of H-pyrrole nitrogens is 1. The maximum absolute atomic E-state index is 12.0. The van der Waals surface area contributed by atoms with Crippen molar-refractivity contribution >= 4 is 16.8 Å². The molecule has 1 aromatic carbocycles. The Morgan fingerprint density at radius 2 is 1.52 bits per heavy atom. The summed E-state index contributed by atoms with van der Waals surface area (Å²) in [7, 11) is 0. The molecule has 0 saturated heterocycles. The molecule has 0 unspecified atom stereocenters. The van der Waals surface area contributed by atoms with Gasteiger partial charge in [-0.1, -0.05) is 88.6 Å². The van der Waals surface area contributed by atoms with E-state index < -0.39 is 0 Å². The van der Waals surface area contributed by atoms with E-state index in [1.165, 1.54) is 81.6 Å². The van der Waals surface area contributed by atoms with Crippen LogP contribution in [0, 0.1) is 0 Å². The molecule has 0 bridgehead atoms. The largest absolute Gasteiger partial charge is 0.361 e. The van der Waals surface area contributed by atoms with Crippen molar-refractivity contribution < 1.29 is 4.79 Å². The van der Waals surface area contributed by atoms with E-state index in [4.69, 9.17) is 0 Å². The van der Waals surface area contributed by atoms with Crippen LogP contribution in [0.3, 0.4) is 0 Å². The van der Waals surface area contributed by atoms with Gasteiger partial charge in [0.2, 0.25) is 5.91 Å². The Labute approximate surface area is 190 Å². The molecule has 0 aliphatic carbocycles. The smallest absolute Gasteiger partial charge is 0.220 e. The number of rotatable bonds is 18. The number of para-hydroxylation sites is 1. The zero-order valence-electron chi connectivity index (χ0n) is 19.8. The monoisotopic (exact) mass is 424 g/mol. The second kappa shape index (κ2) is 16.6. The summed E-state index contributed by atoms with van der Waals surface area (Å²) in [6, 6.07) is 8.32. The Bertz CT molecular complexity index is 746. The molecular weight excluding hydrogens is 380 g/mol. The van der Waals surface area contributed by atoms with Crippen LogP contribution in [0.4, 0.5) is 0 Å².